The minimum atomic E-state index is -0.698. The molecule has 0 saturated heterocycles. The fraction of sp³-hybridized carbons (Fsp3) is 0.636. The van der Waals surface area contributed by atoms with E-state index in [1.54, 1.807) is 0 Å². The molecule has 76 valence electrons. The molecule has 0 aromatic heterocycles. The molecule has 3 heteroatoms. The molecule has 1 rings (SSSR count). The molecule has 3 nitrogen and oxygen atoms in total. The van der Waals surface area contributed by atoms with Crippen LogP contribution in [-0.4, -0.2) is 12.5 Å². The van der Waals surface area contributed by atoms with Crippen molar-refractivity contribution in [3.05, 3.63) is 12.2 Å². The van der Waals surface area contributed by atoms with Crippen molar-refractivity contribution in [1.82, 2.24) is 5.32 Å². The monoisotopic (exact) mass is 192 g/mol. The van der Waals surface area contributed by atoms with Gasteiger partial charge in [-0.1, -0.05) is 12.2 Å². The Labute approximate surface area is 84.8 Å². The fourth-order valence-corrected chi connectivity index (χ4v) is 1.52. The smallest absolute Gasteiger partial charge is 0.240 e. The molecule has 0 aromatic carbocycles. The van der Waals surface area contributed by atoms with Gasteiger partial charge < -0.3 is 5.32 Å². The van der Waals surface area contributed by atoms with Crippen molar-refractivity contribution in [2.24, 2.45) is 5.41 Å². The van der Waals surface area contributed by atoms with E-state index in [2.05, 4.69) is 11.4 Å². The van der Waals surface area contributed by atoms with Crippen LogP contribution in [0.1, 0.15) is 32.6 Å². The molecule has 1 N–H and O–H groups in total. The lowest BCUT2D eigenvalue weighted by Gasteiger charge is -2.33. The Morgan fingerprint density at radius 1 is 1.64 bits per heavy atom. The number of amides is 1. The van der Waals surface area contributed by atoms with E-state index in [1.807, 2.05) is 19.1 Å². The van der Waals surface area contributed by atoms with E-state index in [9.17, 15) is 4.79 Å². The number of rotatable bonds is 4. The van der Waals surface area contributed by atoms with Crippen molar-refractivity contribution in [3.8, 4) is 6.07 Å². The maximum absolute atomic E-state index is 11.6. The van der Waals surface area contributed by atoms with Crippen LogP contribution in [0.5, 0.6) is 0 Å². The highest BCUT2D eigenvalue weighted by molar-refractivity contribution is 5.86. The molecule has 1 aliphatic carbocycles. The first-order valence-corrected chi connectivity index (χ1v) is 5.06. The van der Waals surface area contributed by atoms with Gasteiger partial charge in [-0.3, -0.25) is 4.79 Å². The second-order valence-electron chi connectivity index (χ2n) is 3.66. The lowest BCUT2D eigenvalue weighted by atomic mass is 9.69. The summed E-state index contributed by atoms with van der Waals surface area (Å²) in [6.45, 7) is 2.58. The quantitative estimate of drug-likeness (QED) is 0.545. The summed E-state index contributed by atoms with van der Waals surface area (Å²) in [6, 6.07) is 2.13. The molecule has 0 heterocycles. The summed E-state index contributed by atoms with van der Waals surface area (Å²) in [6.07, 6.45) is 7.23. The Bertz CT molecular complexity index is 272. The van der Waals surface area contributed by atoms with Crippen LogP contribution in [0.25, 0.3) is 0 Å². The second-order valence-corrected chi connectivity index (χ2v) is 3.66. The van der Waals surface area contributed by atoms with Crippen molar-refractivity contribution in [2.45, 2.75) is 32.6 Å². The third-order valence-corrected chi connectivity index (χ3v) is 2.69. The van der Waals surface area contributed by atoms with Crippen molar-refractivity contribution in [2.75, 3.05) is 6.54 Å². The summed E-state index contributed by atoms with van der Waals surface area (Å²) >= 11 is 0. The van der Waals surface area contributed by atoms with Gasteiger partial charge in [0.05, 0.1) is 6.07 Å². The number of carbonyl (C=O) groups is 1. The molecule has 1 fully saturated rings. The highest BCUT2D eigenvalue weighted by Crippen LogP contribution is 2.40. The molecule has 0 bridgehead atoms. The Balaban J connectivity index is 2.31. The molecule has 14 heavy (non-hydrogen) atoms. The van der Waals surface area contributed by atoms with Gasteiger partial charge in [0.25, 0.3) is 0 Å². The van der Waals surface area contributed by atoms with Crippen LogP contribution >= 0.6 is 0 Å². The first-order chi connectivity index (χ1) is 6.75. The molecular formula is C11H16N2O. The van der Waals surface area contributed by atoms with Gasteiger partial charge in [-0.15, -0.1) is 0 Å². The Kier molecular flexibility index (Phi) is 3.70. The zero-order chi connectivity index (χ0) is 10.4. The molecule has 0 unspecified atom stereocenters. The largest absolute Gasteiger partial charge is 0.354 e. The maximum Gasteiger partial charge on any atom is 0.240 e. The number of nitrogens with one attached hydrogen (secondary N) is 1. The van der Waals surface area contributed by atoms with E-state index in [-0.39, 0.29) is 5.91 Å². The number of carbonyl (C=O) groups excluding carboxylic acids is 1. The highest BCUT2D eigenvalue weighted by atomic mass is 16.2. The van der Waals surface area contributed by atoms with Crippen molar-refractivity contribution in [3.63, 3.8) is 0 Å². The fourth-order valence-electron chi connectivity index (χ4n) is 1.52. The van der Waals surface area contributed by atoms with Gasteiger partial charge in [-0.2, -0.15) is 5.26 Å². The number of hydrogen-bond acceptors (Lipinski definition) is 2. The lowest BCUT2D eigenvalue weighted by Crippen LogP contribution is -2.44. The van der Waals surface area contributed by atoms with E-state index in [1.165, 1.54) is 0 Å². The zero-order valence-corrected chi connectivity index (χ0v) is 8.55. The number of hydrogen-bond donors (Lipinski definition) is 1. The standard InChI is InChI=1S/C11H16N2O/c1-2-3-4-8-13-10(14)11(9-12)6-5-7-11/h2-3H,4-8H2,1H3,(H,13,14)/b3-2+. The first kappa shape index (κ1) is 10.8. The summed E-state index contributed by atoms with van der Waals surface area (Å²) < 4.78 is 0. The molecule has 0 radical (unpaired) electrons. The van der Waals surface area contributed by atoms with Crippen molar-refractivity contribution in [1.29, 1.82) is 5.26 Å². The van der Waals surface area contributed by atoms with Gasteiger partial charge in [-0.25, -0.2) is 0 Å². The highest BCUT2D eigenvalue weighted by Gasteiger charge is 2.44. The van der Waals surface area contributed by atoms with Gasteiger partial charge in [0.15, 0.2) is 0 Å². The Hall–Kier alpha value is -1.30. The molecular weight excluding hydrogens is 176 g/mol. The van der Waals surface area contributed by atoms with Crippen LogP contribution in [0.3, 0.4) is 0 Å². The van der Waals surface area contributed by atoms with Crippen molar-refractivity contribution >= 4 is 5.91 Å². The van der Waals surface area contributed by atoms with Crippen LogP contribution in [0, 0.1) is 16.7 Å². The van der Waals surface area contributed by atoms with Gasteiger partial charge in [0.2, 0.25) is 5.91 Å². The van der Waals surface area contributed by atoms with Crippen molar-refractivity contribution < 1.29 is 4.79 Å². The van der Waals surface area contributed by atoms with Crippen LogP contribution in [0.15, 0.2) is 12.2 Å². The zero-order valence-electron chi connectivity index (χ0n) is 8.55. The van der Waals surface area contributed by atoms with E-state index < -0.39 is 5.41 Å². The Morgan fingerprint density at radius 2 is 2.36 bits per heavy atom. The van der Waals surface area contributed by atoms with Crippen LogP contribution in [0.2, 0.25) is 0 Å². The topological polar surface area (TPSA) is 52.9 Å². The molecule has 0 atom stereocenters. The molecule has 0 spiro atoms. The predicted molar refractivity (Wildman–Crippen MR) is 54.3 cm³/mol. The van der Waals surface area contributed by atoms with Crippen LogP contribution in [-0.2, 0) is 4.79 Å². The molecule has 1 aliphatic rings. The van der Waals surface area contributed by atoms with Gasteiger partial charge in [0, 0.05) is 6.54 Å². The third kappa shape index (κ3) is 2.14. The van der Waals surface area contributed by atoms with Crippen LogP contribution < -0.4 is 5.32 Å². The third-order valence-electron chi connectivity index (χ3n) is 2.69. The van der Waals surface area contributed by atoms with Gasteiger partial charge in [-0.05, 0) is 32.6 Å². The average Bonchev–Trinajstić information content (AvgIpc) is 2.12. The van der Waals surface area contributed by atoms with E-state index >= 15 is 0 Å². The average molecular weight is 192 g/mol. The number of allylic oxidation sites excluding steroid dienone is 1. The minimum Gasteiger partial charge on any atom is -0.354 e. The van der Waals surface area contributed by atoms with E-state index in [4.69, 9.17) is 5.26 Å². The normalized spacial score (nSPS) is 18.6. The lowest BCUT2D eigenvalue weighted by molar-refractivity contribution is -0.131. The number of nitriles is 1. The Morgan fingerprint density at radius 3 is 2.79 bits per heavy atom. The van der Waals surface area contributed by atoms with Gasteiger partial charge >= 0.3 is 0 Å². The molecule has 0 aromatic rings. The second kappa shape index (κ2) is 4.80. The van der Waals surface area contributed by atoms with E-state index in [0.29, 0.717) is 6.54 Å². The SMILES string of the molecule is C/C=C/CCNC(=O)C1(C#N)CCC1. The molecule has 0 aliphatic heterocycles. The molecule has 1 amide bonds. The number of nitrogens with zero attached hydrogens (tertiary/aromatic N) is 1. The maximum atomic E-state index is 11.6. The summed E-state index contributed by atoms with van der Waals surface area (Å²) in [5.74, 6) is -0.0873. The van der Waals surface area contributed by atoms with Gasteiger partial charge in [0.1, 0.15) is 5.41 Å². The molecule has 1 saturated carbocycles. The summed E-state index contributed by atoms with van der Waals surface area (Å²) in [5.41, 5.74) is -0.698. The summed E-state index contributed by atoms with van der Waals surface area (Å²) in [4.78, 5) is 11.6. The summed E-state index contributed by atoms with van der Waals surface area (Å²) in [7, 11) is 0. The van der Waals surface area contributed by atoms with Crippen LogP contribution in [0.4, 0.5) is 0 Å². The minimum absolute atomic E-state index is 0.0873. The summed E-state index contributed by atoms with van der Waals surface area (Å²) in [5, 5.41) is 11.7. The van der Waals surface area contributed by atoms with E-state index in [0.717, 1.165) is 25.7 Å². The first-order valence-electron chi connectivity index (χ1n) is 5.06. The predicted octanol–water partition coefficient (Wildman–Crippen LogP) is 1.76.